The van der Waals surface area contributed by atoms with Crippen molar-refractivity contribution in [3.05, 3.63) is 40.9 Å². The van der Waals surface area contributed by atoms with Crippen LogP contribution in [0.3, 0.4) is 0 Å². The van der Waals surface area contributed by atoms with E-state index in [1.165, 1.54) is 11.3 Å². The topological polar surface area (TPSA) is 80.3 Å². The molecule has 6 nitrogen and oxygen atoms in total. The van der Waals surface area contributed by atoms with Gasteiger partial charge in [0.2, 0.25) is 5.91 Å². The maximum absolute atomic E-state index is 12.5. The van der Waals surface area contributed by atoms with Crippen molar-refractivity contribution in [1.82, 2.24) is 10.3 Å². The molecule has 1 aromatic heterocycles. The number of aromatic nitrogens is 1. The van der Waals surface area contributed by atoms with Crippen LogP contribution in [-0.4, -0.2) is 29.4 Å². The van der Waals surface area contributed by atoms with Crippen molar-refractivity contribution in [1.29, 1.82) is 0 Å². The molecule has 0 bridgehead atoms. The van der Waals surface area contributed by atoms with Crippen LogP contribution in [0.15, 0.2) is 29.6 Å². The van der Waals surface area contributed by atoms with Crippen LogP contribution in [0.2, 0.25) is 0 Å². The van der Waals surface area contributed by atoms with Crippen molar-refractivity contribution in [2.45, 2.75) is 33.7 Å². The van der Waals surface area contributed by atoms with Crippen molar-refractivity contribution < 1.29 is 14.3 Å². The first-order chi connectivity index (χ1) is 11.9. The second kappa shape index (κ2) is 8.62. The van der Waals surface area contributed by atoms with Crippen LogP contribution in [0.25, 0.3) is 0 Å². The molecule has 0 aliphatic carbocycles. The predicted molar refractivity (Wildman–Crippen MR) is 99.2 cm³/mol. The Hall–Kier alpha value is -2.41. The van der Waals surface area contributed by atoms with Gasteiger partial charge in [-0.3, -0.25) is 9.59 Å². The summed E-state index contributed by atoms with van der Waals surface area (Å²) in [6.45, 7) is 8.10. The van der Waals surface area contributed by atoms with Gasteiger partial charge in [0, 0.05) is 10.9 Å². The van der Waals surface area contributed by atoms with Crippen molar-refractivity contribution in [3.63, 3.8) is 0 Å². The van der Waals surface area contributed by atoms with Gasteiger partial charge in [0.1, 0.15) is 11.8 Å². The van der Waals surface area contributed by atoms with Gasteiger partial charge < -0.3 is 15.4 Å². The number of anilines is 1. The maximum Gasteiger partial charge on any atom is 0.251 e. The summed E-state index contributed by atoms with van der Waals surface area (Å²) in [6, 6.07) is 6.19. The van der Waals surface area contributed by atoms with Gasteiger partial charge >= 0.3 is 0 Å². The normalized spacial score (nSPS) is 11.9. The fourth-order valence-corrected chi connectivity index (χ4v) is 2.91. The molecule has 25 heavy (non-hydrogen) atoms. The number of carbonyl (C=O) groups is 2. The van der Waals surface area contributed by atoms with Crippen LogP contribution in [0.1, 0.15) is 36.8 Å². The second-order valence-electron chi connectivity index (χ2n) is 5.94. The number of rotatable bonds is 7. The first-order valence-electron chi connectivity index (χ1n) is 8.17. The molecule has 2 rings (SSSR count). The SMILES string of the molecule is CCOc1ccc(C(=O)N[C@H](C(=O)Nc2nc(C)cs2)C(C)C)cc1. The summed E-state index contributed by atoms with van der Waals surface area (Å²) in [5.41, 5.74) is 1.33. The summed E-state index contributed by atoms with van der Waals surface area (Å²) < 4.78 is 5.36. The zero-order valence-corrected chi connectivity index (χ0v) is 15.6. The number of ether oxygens (including phenoxy) is 1. The fourth-order valence-electron chi connectivity index (χ4n) is 2.22. The molecule has 0 fully saturated rings. The van der Waals surface area contributed by atoms with Crippen molar-refractivity contribution in [3.8, 4) is 5.75 Å². The van der Waals surface area contributed by atoms with Crippen molar-refractivity contribution in [2.75, 3.05) is 11.9 Å². The minimum Gasteiger partial charge on any atom is -0.494 e. The highest BCUT2D eigenvalue weighted by Gasteiger charge is 2.25. The second-order valence-corrected chi connectivity index (χ2v) is 6.79. The lowest BCUT2D eigenvalue weighted by Crippen LogP contribution is -2.47. The molecule has 7 heteroatoms. The van der Waals surface area contributed by atoms with E-state index in [9.17, 15) is 9.59 Å². The van der Waals surface area contributed by atoms with E-state index in [1.54, 1.807) is 24.3 Å². The molecule has 134 valence electrons. The third-order valence-corrected chi connectivity index (χ3v) is 4.39. The summed E-state index contributed by atoms with van der Waals surface area (Å²) in [4.78, 5) is 29.2. The summed E-state index contributed by atoms with van der Waals surface area (Å²) in [5.74, 6) is 0.0694. The molecule has 1 heterocycles. The zero-order chi connectivity index (χ0) is 18.4. The number of hydrogen-bond donors (Lipinski definition) is 2. The van der Waals surface area contributed by atoms with E-state index in [2.05, 4.69) is 15.6 Å². The van der Waals surface area contributed by atoms with Gasteiger partial charge in [0.25, 0.3) is 5.91 Å². The van der Waals surface area contributed by atoms with Gasteiger partial charge in [-0.05, 0) is 44.0 Å². The largest absolute Gasteiger partial charge is 0.494 e. The van der Waals surface area contributed by atoms with Gasteiger partial charge in [0.05, 0.1) is 12.3 Å². The van der Waals surface area contributed by atoms with E-state index in [0.717, 1.165) is 5.69 Å². The Bertz CT molecular complexity index is 725. The van der Waals surface area contributed by atoms with E-state index in [0.29, 0.717) is 23.1 Å². The molecular weight excluding hydrogens is 338 g/mol. The monoisotopic (exact) mass is 361 g/mol. The molecule has 1 atom stereocenters. The summed E-state index contributed by atoms with van der Waals surface area (Å²) in [7, 11) is 0. The van der Waals surface area contributed by atoms with E-state index in [-0.39, 0.29) is 17.7 Å². The fraction of sp³-hybridized carbons (Fsp3) is 0.389. The molecule has 0 spiro atoms. The summed E-state index contributed by atoms with van der Waals surface area (Å²) >= 11 is 1.36. The Morgan fingerprint density at radius 1 is 1.24 bits per heavy atom. The van der Waals surface area contributed by atoms with Crippen LogP contribution in [0, 0.1) is 12.8 Å². The minimum atomic E-state index is -0.650. The molecule has 0 radical (unpaired) electrons. The minimum absolute atomic E-state index is 0.0623. The Morgan fingerprint density at radius 2 is 1.92 bits per heavy atom. The molecule has 2 N–H and O–H groups in total. The highest BCUT2D eigenvalue weighted by Crippen LogP contribution is 2.16. The van der Waals surface area contributed by atoms with Gasteiger partial charge in [0.15, 0.2) is 5.13 Å². The molecule has 0 saturated heterocycles. The van der Waals surface area contributed by atoms with Crippen molar-refractivity contribution >= 4 is 28.3 Å². The van der Waals surface area contributed by atoms with Crippen molar-refractivity contribution in [2.24, 2.45) is 5.92 Å². The van der Waals surface area contributed by atoms with Crippen LogP contribution in [-0.2, 0) is 4.79 Å². The van der Waals surface area contributed by atoms with Crippen LogP contribution < -0.4 is 15.4 Å². The number of hydrogen-bond acceptors (Lipinski definition) is 5. The number of nitrogens with one attached hydrogen (secondary N) is 2. The van der Waals surface area contributed by atoms with E-state index in [4.69, 9.17) is 4.74 Å². The molecule has 0 saturated carbocycles. The predicted octanol–water partition coefficient (Wildman–Crippen LogP) is 3.24. The lowest BCUT2D eigenvalue weighted by atomic mass is 10.0. The van der Waals surface area contributed by atoms with Gasteiger partial charge in [-0.15, -0.1) is 11.3 Å². The number of amides is 2. The summed E-state index contributed by atoms with van der Waals surface area (Å²) in [5, 5.41) is 7.95. The first-order valence-corrected chi connectivity index (χ1v) is 9.05. The van der Waals surface area contributed by atoms with E-state index < -0.39 is 6.04 Å². The Morgan fingerprint density at radius 3 is 2.44 bits per heavy atom. The number of carbonyl (C=O) groups excluding carboxylic acids is 2. The zero-order valence-electron chi connectivity index (χ0n) is 14.8. The van der Waals surface area contributed by atoms with E-state index in [1.807, 2.05) is 33.1 Å². The molecule has 2 aromatic rings. The highest BCUT2D eigenvalue weighted by atomic mass is 32.1. The maximum atomic E-state index is 12.5. The number of aryl methyl sites for hydroxylation is 1. The average molecular weight is 361 g/mol. The third-order valence-electron chi connectivity index (χ3n) is 3.51. The van der Waals surface area contributed by atoms with Gasteiger partial charge in [-0.25, -0.2) is 4.98 Å². The molecule has 1 aromatic carbocycles. The van der Waals surface area contributed by atoms with E-state index >= 15 is 0 Å². The average Bonchev–Trinajstić information content (AvgIpc) is 2.97. The molecular formula is C18H23N3O3S. The Balaban J connectivity index is 2.04. The molecule has 2 amide bonds. The molecule has 0 aliphatic heterocycles. The standard InChI is InChI=1S/C18H23N3O3S/c1-5-24-14-8-6-13(7-9-14)16(22)20-15(11(2)3)17(23)21-18-19-12(4)10-25-18/h6-11,15H,5H2,1-4H3,(H,20,22)(H,19,21,23)/t15-/m0/s1. The lowest BCUT2D eigenvalue weighted by Gasteiger charge is -2.21. The first kappa shape index (κ1) is 18.9. The lowest BCUT2D eigenvalue weighted by molar-refractivity contribution is -0.118. The van der Waals surface area contributed by atoms with Gasteiger partial charge in [-0.1, -0.05) is 13.8 Å². The highest BCUT2D eigenvalue weighted by molar-refractivity contribution is 7.13. The quantitative estimate of drug-likeness (QED) is 0.793. The van der Waals surface area contributed by atoms with Gasteiger partial charge in [-0.2, -0.15) is 0 Å². The summed E-state index contributed by atoms with van der Waals surface area (Å²) in [6.07, 6.45) is 0. The number of thiazole rings is 1. The van der Waals surface area contributed by atoms with Crippen LogP contribution in [0.4, 0.5) is 5.13 Å². The Labute approximate surface area is 151 Å². The number of nitrogens with zero attached hydrogens (tertiary/aromatic N) is 1. The third kappa shape index (κ3) is 5.29. The number of benzene rings is 1. The van der Waals surface area contributed by atoms with Crippen LogP contribution in [0.5, 0.6) is 5.75 Å². The molecule has 0 aliphatic rings. The van der Waals surface area contributed by atoms with Crippen LogP contribution >= 0.6 is 11.3 Å². The smallest absolute Gasteiger partial charge is 0.251 e. The Kier molecular flexibility index (Phi) is 6.52. The molecule has 0 unspecified atom stereocenters.